The van der Waals surface area contributed by atoms with E-state index < -0.39 is 10.1 Å². The van der Waals surface area contributed by atoms with Crippen LogP contribution >= 0.6 is 0 Å². The average Bonchev–Trinajstić information content (AvgIpc) is 1.98. The Morgan fingerprint density at radius 3 is 2.67 bits per heavy atom. The molecule has 0 aromatic heterocycles. The summed E-state index contributed by atoms with van der Waals surface area (Å²) in [7, 11) is -3.43. The van der Waals surface area contributed by atoms with Crippen LogP contribution in [0.4, 0.5) is 0 Å². The van der Waals surface area contributed by atoms with Gasteiger partial charge >= 0.3 is 0 Å². The molecule has 0 fully saturated rings. The van der Waals surface area contributed by atoms with Crippen molar-refractivity contribution in [2.75, 3.05) is 12.4 Å². The number of hydrogen-bond donors (Lipinski definition) is 0. The van der Waals surface area contributed by atoms with E-state index in [0.717, 1.165) is 0 Å². The lowest BCUT2D eigenvalue weighted by atomic mass is 10.5. The predicted octanol–water partition coefficient (Wildman–Crippen LogP) is 0.932. The van der Waals surface area contributed by atoms with Gasteiger partial charge in [-0.2, -0.15) is 8.42 Å². The molecule has 0 saturated heterocycles. The summed E-state index contributed by atoms with van der Waals surface area (Å²) in [6, 6.07) is 0. The van der Waals surface area contributed by atoms with Crippen LogP contribution in [0.2, 0.25) is 0 Å². The fourth-order valence-electron chi connectivity index (χ4n) is 0.488. The van der Waals surface area contributed by atoms with Crippen molar-refractivity contribution in [1.29, 1.82) is 0 Å². The van der Waals surface area contributed by atoms with Gasteiger partial charge in [0.25, 0.3) is 10.1 Å². The van der Waals surface area contributed by atoms with Gasteiger partial charge in [-0.1, -0.05) is 18.9 Å². The highest BCUT2D eigenvalue weighted by atomic mass is 32.2. The maximum atomic E-state index is 10.8. The Morgan fingerprint density at radius 1 is 1.50 bits per heavy atom. The third-order valence-electron chi connectivity index (χ3n) is 0.934. The van der Waals surface area contributed by atoms with E-state index >= 15 is 0 Å². The van der Waals surface area contributed by atoms with Crippen LogP contribution in [0.3, 0.4) is 0 Å². The van der Waals surface area contributed by atoms with E-state index in [9.17, 15) is 8.42 Å². The zero-order valence-corrected chi connectivity index (χ0v) is 7.86. The normalized spacial score (nSPS) is 10.1. The Kier molecular flexibility index (Phi) is 5.43. The van der Waals surface area contributed by atoms with Gasteiger partial charge in [0.1, 0.15) is 6.61 Å². The summed E-state index contributed by atoms with van der Waals surface area (Å²) in [4.78, 5) is 0. The Bertz CT molecular complexity index is 279. The van der Waals surface area contributed by atoms with E-state index in [-0.39, 0.29) is 12.4 Å². The first-order valence-electron chi connectivity index (χ1n) is 3.56. The van der Waals surface area contributed by atoms with Crippen LogP contribution in [0.1, 0.15) is 13.3 Å². The van der Waals surface area contributed by atoms with Gasteiger partial charge in [-0.15, -0.1) is 12.5 Å². The Labute approximate surface area is 73.6 Å². The van der Waals surface area contributed by atoms with E-state index in [2.05, 4.69) is 22.6 Å². The summed E-state index contributed by atoms with van der Waals surface area (Å²) in [5.74, 6) is 5.10. The minimum Gasteiger partial charge on any atom is -0.257 e. The zero-order chi connectivity index (χ0) is 9.45. The third kappa shape index (κ3) is 5.96. The number of hydrogen-bond acceptors (Lipinski definition) is 3. The molecule has 0 amide bonds. The molecule has 0 aromatic rings. The molecule has 4 heteroatoms. The molecular formula is C8H12O3S. The summed E-state index contributed by atoms with van der Waals surface area (Å²) in [6.45, 7) is 5.11. The van der Waals surface area contributed by atoms with Gasteiger partial charge in [0.05, 0.1) is 5.75 Å². The van der Waals surface area contributed by atoms with Crippen molar-refractivity contribution in [3.63, 3.8) is 0 Å². The van der Waals surface area contributed by atoms with Crippen molar-refractivity contribution in [3.8, 4) is 11.8 Å². The summed E-state index contributed by atoms with van der Waals surface area (Å²) in [6.07, 6.45) is 1.98. The van der Waals surface area contributed by atoms with Crippen LogP contribution < -0.4 is 0 Å². The molecule has 0 radical (unpaired) electrons. The molecular weight excluding hydrogens is 176 g/mol. The molecule has 68 valence electrons. The van der Waals surface area contributed by atoms with Crippen LogP contribution in [0.5, 0.6) is 0 Å². The third-order valence-corrected chi connectivity index (χ3v) is 2.06. The highest BCUT2D eigenvalue weighted by Gasteiger charge is 2.05. The summed E-state index contributed by atoms with van der Waals surface area (Å²) < 4.78 is 26.2. The lowest BCUT2D eigenvalue weighted by molar-refractivity contribution is 0.365. The van der Waals surface area contributed by atoms with Gasteiger partial charge in [0.2, 0.25) is 0 Å². The first kappa shape index (κ1) is 11.2. The molecule has 0 aromatic carbocycles. The monoisotopic (exact) mass is 188 g/mol. The first-order valence-corrected chi connectivity index (χ1v) is 5.14. The molecule has 0 atom stereocenters. The van der Waals surface area contributed by atoms with Crippen molar-refractivity contribution in [1.82, 2.24) is 0 Å². The van der Waals surface area contributed by atoms with Gasteiger partial charge in [-0.05, 0) is 0 Å². The van der Waals surface area contributed by atoms with E-state index in [4.69, 9.17) is 0 Å². The Morgan fingerprint density at radius 2 is 2.17 bits per heavy atom. The zero-order valence-electron chi connectivity index (χ0n) is 7.04. The van der Waals surface area contributed by atoms with Crippen molar-refractivity contribution in [2.24, 2.45) is 0 Å². The minimum absolute atomic E-state index is 0.0655. The molecule has 0 aliphatic heterocycles. The fraction of sp³-hybridized carbons (Fsp3) is 0.500. The summed E-state index contributed by atoms with van der Waals surface area (Å²) in [5, 5.41) is 0. The van der Waals surface area contributed by atoms with Crippen LogP contribution in [0, 0.1) is 11.8 Å². The van der Waals surface area contributed by atoms with Crippen molar-refractivity contribution >= 4 is 10.1 Å². The standard InChI is InChI=1S/C8H12O3S/c1-3-5-6-7-11-12(9,10)8-4-2/h4H,2-3,7-8H2,1H3. The quantitative estimate of drug-likeness (QED) is 0.374. The maximum Gasteiger partial charge on any atom is 0.271 e. The SMILES string of the molecule is C=CCS(=O)(=O)OCC#CCC. The highest BCUT2D eigenvalue weighted by Crippen LogP contribution is 1.91. The van der Waals surface area contributed by atoms with E-state index in [1.165, 1.54) is 6.08 Å². The first-order chi connectivity index (χ1) is 5.62. The van der Waals surface area contributed by atoms with Crippen molar-refractivity contribution < 1.29 is 12.6 Å². The molecule has 3 nitrogen and oxygen atoms in total. The lowest BCUT2D eigenvalue weighted by Crippen LogP contribution is -2.08. The molecule has 12 heavy (non-hydrogen) atoms. The van der Waals surface area contributed by atoms with Crippen LogP contribution in [0.15, 0.2) is 12.7 Å². The minimum atomic E-state index is -3.43. The second kappa shape index (κ2) is 5.81. The van der Waals surface area contributed by atoms with E-state index in [0.29, 0.717) is 6.42 Å². The maximum absolute atomic E-state index is 10.8. The van der Waals surface area contributed by atoms with Gasteiger partial charge in [-0.25, -0.2) is 0 Å². The molecule has 0 N–H and O–H groups in total. The molecule has 0 bridgehead atoms. The smallest absolute Gasteiger partial charge is 0.257 e. The lowest BCUT2D eigenvalue weighted by Gasteiger charge is -1.96. The highest BCUT2D eigenvalue weighted by molar-refractivity contribution is 7.86. The topological polar surface area (TPSA) is 43.4 Å². The largest absolute Gasteiger partial charge is 0.271 e. The molecule has 0 aliphatic rings. The number of rotatable bonds is 4. The molecule has 0 aliphatic carbocycles. The van der Waals surface area contributed by atoms with Crippen LogP contribution in [0.25, 0.3) is 0 Å². The Hall–Kier alpha value is -0.790. The fourth-order valence-corrected chi connectivity index (χ4v) is 1.11. The predicted molar refractivity (Wildman–Crippen MR) is 48.0 cm³/mol. The van der Waals surface area contributed by atoms with Crippen LogP contribution in [-0.4, -0.2) is 20.8 Å². The second-order valence-electron chi connectivity index (χ2n) is 1.98. The van der Waals surface area contributed by atoms with Crippen molar-refractivity contribution in [2.45, 2.75) is 13.3 Å². The second-order valence-corrected chi connectivity index (χ2v) is 3.67. The van der Waals surface area contributed by atoms with Crippen LogP contribution in [-0.2, 0) is 14.3 Å². The molecule has 0 saturated carbocycles. The molecule has 0 unspecified atom stereocenters. The molecule has 0 heterocycles. The van der Waals surface area contributed by atoms with Crippen molar-refractivity contribution in [3.05, 3.63) is 12.7 Å². The van der Waals surface area contributed by atoms with Gasteiger partial charge in [0, 0.05) is 6.42 Å². The summed E-state index contributed by atoms with van der Waals surface area (Å²) in [5.41, 5.74) is 0. The van der Waals surface area contributed by atoms with Gasteiger partial charge in [0.15, 0.2) is 0 Å². The van der Waals surface area contributed by atoms with Gasteiger partial charge < -0.3 is 0 Å². The van der Waals surface area contributed by atoms with Gasteiger partial charge in [-0.3, -0.25) is 4.18 Å². The average molecular weight is 188 g/mol. The molecule has 0 spiro atoms. The van der Waals surface area contributed by atoms with E-state index in [1.807, 2.05) is 6.92 Å². The Balaban J connectivity index is 3.84. The summed E-state index contributed by atoms with van der Waals surface area (Å²) >= 11 is 0. The molecule has 0 rings (SSSR count). The van der Waals surface area contributed by atoms with E-state index in [1.54, 1.807) is 0 Å².